The van der Waals surface area contributed by atoms with Crippen molar-refractivity contribution >= 4 is 0 Å². The first-order valence-electron chi connectivity index (χ1n) is 8.81. The molecule has 0 saturated heterocycles. The smallest absolute Gasteiger partial charge is 0.161 e. The summed E-state index contributed by atoms with van der Waals surface area (Å²) in [6, 6.07) is 9.49. The molecule has 1 aliphatic heterocycles. The Hall–Kier alpha value is -2.40. The second-order valence-electron chi connectivity index (χ2n) is 6.01. The van der Waals surface area contributed by atoms with E-state index < -0.39 is 0 Å². The molecule has 0 saturated carbocycles. The molecule has 0 aromatic heterocycles. The van der Waals surface area contributed by atoms with Gasteiger partial charge >= 0.3 is 0 Å². The predicted octanol–water partition coefficient (Wildman–Crippen LogP) is 2.41. The molecule has 5 heteroatoms. The van der Waals surface area contributed by atoms with Crippen molar-refractivity contribution in [1.29, 1.82) is 0 Å². The minimum Gasteiger partial charge on any atom is -0.507 e. The first-order chi connectivity index (χ1) is 12.2. The lowest BCUT2D eigenvalue weighted by atomic mass is 9.88. The number of phenolic OH excluding ortho intramolecular Hbond substituents is 1. The third kappa shape index (κ3) is 3.37. The molecule has 0 bridgehead atoms. The average Bonchev–Trinajstić information content (AvgIpc) is 2.62. The number of nitrogens with two attached hydrogens (primary N) is 1. The Morgan fingerprint density at radius 1 is 1.08 bits per heavy atom. The van der Waals surface area contributed by atoms with Crippen LogP contribution >= 0.6 is 0 Å². The van der Waals surface area contributed by atoms with E-state index in [-0.39, 0.29) is 11.8 Å². The van der Waals surface area contributed by atoms with Gasteiger partial charge in [0.15, 0.2) is 11.5 Å². The molecule has 3 N–H and O–H groups in total. The molecule has 1 heterocycles. The van der Waals surface area contributed by atoms with Crippen LogP contribution in [0.5, 0.6) is 23.0 Å². The molecule has 0 radical (unpaired) electrons. The number of quaternary nitrogens is 1. The van der Waals surface area contributed by atoms with Crippen molar-refractivity contribution in [3.8, 4) is 23.0 Å². The van der Waals surface area contributed by atoms with Crippen LogP contribution in [0.2, 0.25) is 0 Å². The van der Waals surface area contributed by atoms with E-state index >= 15 is 0 Å². The zero-order valence-electron chi connectivity index (χ0n) is 15.0. The van der Waals surface area contributed by atoms with E-state index in [1.807, 2.05) is 19.9 Å². The highest BCUT2D eigenvalue weighted by atomic mass is 16.5. The van der Waals surface area contributed by atoms with Crippen LogP contribution < -0.4 is 19.5 Å². The number of rotatable bonds is 6. The molecule has 1 atom stereocenters. The number of ether oxygens (including phenoxy) is 3. The van der Waals surface area contributed by atoms with Crippen molar-refractivity contribution in [2.24, 2.45) is 0 Å². The summed E-state index contributed by atoms with van der Waals surface area (Å²) in [7, 11) is 1.63. The Morgan fingerprint density at radius 3 is 2.48 bits per heavy atom. The molecule has 0 fully saturated rings. The van der Waals surface area contributed by atoms with Crippen LogP contribution in [-0.2, 0) is 6.42 Å². The van der Waals surface area contributed by atoms with Gasteiger partial charge in [-0.25, -0.2) is 0 Å². The fourth-order valence-corrected chi connectivity index (χ4v) is 3.49. The number of phenols is 1. The standard InChI is InChI=1S/C20H25NO4/c1-4-24-17-11-13-9-10-21-20(14(13)12-18(17)25-5-2)19-15(22)7-6-8-16(19)23-3/h6-8,11-12,20-22H,4-5,9-10H2,1-3H3/p+1/t20-/m0/s1. The maximum atomic E-state index is 10.5. The minimum absolute atomic E-state index is 0.0326. The van der Waals surface area contributed by atoms with Crippen LogP contribution in [0.1, 0.15) is 36.6 Å². The molecule has 0 amide bonds. The molecule has 0 aliphatic carbocycles. The third-order valence-electron chi connectivity index (χ3n) is 4.53. The monoisotopic (exact) mass is 344 g/mol. The first-order valence-corrected chi connectivity index (χ1v) is 8.81. The average molecular weight is 344 g/mol. The van der Waals surface area contributed by atoms with Crippen LogP contribution in [0.25, 0.3) is 0 Å². The highest BCUT2D eigenvalue weighted by molar-refractivity contribution is 5.54. The molecule has 2 aromatic carbocycles. The van der Waals surface area contributed by atoms with Crippen molar-refractivity contribution in [1.82, 2.24) is 0 Å². The summed E-state index contributed by atoms with van der Waals surface area (Å²) in [5, 5.41) is 12.7. The molecule has 3 rings (SSSR count). The molecule has 134 valence electrons. The second kappa shape index (κ2) is 7.66. The maximum Gasteiger partial charge on any atom is 0.161 e. The van der Waals surface area contributed by atoms with Gasteiger partial charge in [-0.15, -0.1) is 0 Å². The Balaban J connectivity index is 2.12. The number of hydrogen-bond acceptors (Lipinski definition) is 4. The highest BCUT2D eigenvalue weighted by Crippen LogP contribution is 2.40. The van der Waals surface area contributed by atoms with Crippen LogP contribution in [0, 0.1) is 0 Å². The van der Waals surface area contributed by atoms with Gasteiger partial charge in [0.05, 0.1) is 32.4 Å². The number of fused-ring (bicyclic) bond motifs is 1. The van der Waals surface area contributed by atoms with E-state index in [1.54, 1.807) is 19.2 Å². The molecular formula is C20H26NO4+. The topological polar surface area (TPSA) is 64.5 Å². The zero-order valence-corrected chi connectivity index (χ0v) is 15.0. The summed E-state index contributed by atoms with van der Waals surface area (Å²) >= 11 is 0. The molecule has 25 heavy (non-hydrogen) atoms. The molecule has 0 unspecified atom stereocenters. The van der Waals surface area contributed by atoms with Crippen molar-refractivity contribution in [2.75, 3.05) is 26.9 Å². The molecular weight excluding hydrogens is 318 g/mol. The Bertz CT molecular complexity index is 745. The Labute approximate surface area is 148 Å². The summed E-state index contributed by atoms with van der Waals surface area (Å²) in [6.45, 7) is 6.05. The maximum absolute atomic E-state index is 10.5. The Kier molecular flexibility index (Phi) is 5.34. The third-order valence-corrected chi connectivity index (χ3v) is 4.53. The summed E-state index contributed by atoms with van der Waals surface area (Å²) < 4.78 is 17.0. The van der Waals surface area contributed by atoms with Crippen LogP contribution in [0.3, 0.4) is 0 Å². The van der Waals surface area contributed by atoms with Gasteiger partial charge in [0, 0.05) is 12.0 Å². The fourth-order valence-electron chi connectivity index (χ4n) is 3.49. The van der Waals surface area contributed by atoms with Gasteiger partial charge in [0.2, 0.25) is 0 Å². The van der Waals surface area contributed by atoms with E-state index in [4.69, 9.17) is 14.2 Å². The van der Waals surface area contributed by atoms with Crippen molar-refractivity contribution < 1.29 is 24.6 Å². The van der Waals surface area contributed by atoms with Crippen LogP contribution in [0.15, 0.2) is 30.3 Å². The molecule has 5 nitrogen and oxygen atoms in total. The van der Waals surface area contributed by atoms with Gasteiger partial charge in [0.25, 0.3) is 0 Å². The van der Waals surface area contributed by atoms with E-state index in [2.05, 4.69) is 17.4 Å². The number of aromatic hydroxyl groups is 1. The lowest BCUT2D eigenvalue weighted by Gasteiger charge is -2.27. The number of methoxy groups -OCH3 is 1. The van der Waals surface area contributed by atoms with Gasteiger partial charge in [-0.05, 0) is 43.7 Å². The van der Waals surface area contributed by atoms with Gasteiger partial charge < -0.3 is 24.6 Å². The second-order valence-corrected chi connectivity index (χ2v) is 6.01. The van der Waals surface area contributed by atoms with Crippen molar-refractivity contribution in [3.05, 3.63) is 47.0 Å². The Morgan fingerprint density at radius 2 is 1.80 bits per heavy atom. The fraction of sp³-hybridized carbons (Fsp3) is 0.400. The van der Waals surface area contributed by atoms with E-state index in [1.165, 1.54) is 5.56 Å². The lowest BCUT2D eigenvalue weighted by molar-refractivity contribution is -0.690. The van der Waals surface area contributed by atoms with E-state index in [0.717, 1.165) is 35.6 Å². The molecule has 2 aromatic rings. The van der Waals surface area contributed by atoms with E-state index in [9.17, 15) is 5.11 Å². The van der Waals surface area contributed by atoms with Gasteiger partial charge in [-0.2, -0.15) is 0 Å². The minimum atomic E-state index is -0.0326. The summed E-state index contributed by atoms with van der Waals surface area (Å²) in [4.78, 5) is 0. The van der Waals surface area contributed by atoms with Crippen molar-refractivity contribution in [3.63, 3.8) is 0 Å². The van der Waals surface area contributed by atoms with Gasteiger partial charge in [0.1, 0.15) is 17.5 Å². The largest absolute Gasteiger partial charge is 0.507 e. The van der Waals surface area contributed by atoms with Crippen LogP contribution in [0.4, 0.5) is 0 Å². The summed E-state index contributed by atoms with van der Waals surface area (Å²) in [5.74, 6) is 2.48. The quantitative estimate of drug-likeness (QED) is 0.845. The van der Waals surface area contributed by atoms with E-state index in [0.29, 0.717) is 19.0 Å². The lowest BCUT2D eigenvalue weighted by Crippen LogP contribution is -2.87. The SMILES string of the molecule is CCOc1cc2c(cc1OCC)[C@@H](c1c(O)cccc1OC)[NH2+]CC2. The zero-order chi connectivity index (χ0) is 17.8. The van der Waals surface area contributed by atoms with Crippen molar-refractivity contribution in [2.45, 2.75) is 26.3 Å². The summed E-state index contributed by atoms with van der Waals surface area (Å²) in [6.07, 6.45) is 0.953. The number of benzene rings is 2. The molecule has 0 spiro atoms. The van der Waals surface area contributed by atoms with Crippen LogP contribution in [-0.4, -0.2) is 32.0 Å². The molecule has 1 aliphatic rings. The van der Waals surface area contributed by atoms with Gasteiger partial charge in [-0.3, -0.25) is 0 Å². The normalized spacial score (nSPS) is 16.2. The summed E-state index contributed by atoms with van der Waals surface area (Å²) in [5.41, 5.74) is 3.17. The van der Waals surface area contributed by atoms with Gasteiger partial charge in [-0.1, -0.05) is 6.07 Å². The first kappa shape index (κ1) is 17.4. The predicted molar refractivity (Wildman–Crippen MR) is 95.8 cm³/mol. The number of hydrogen-bond donors (Lipinski definition) is 2. The highest BCUT2D eigenvalue weighted by Gasteiger charge is 2.31.